The molecule has 0 aromatic carbocycles. The third-order valence-corrected chi connectivity index (χ3v) is 3.64. The summed E-state index contributed by atoms with van der Waals surface area (Å²) in [5.41, 5.74) is 0. The number of hydrogen-bond donors (Lipinski definition) is 0. The van der Waals surface area contributed by atoms with Gasteiger partial charge in [0.2, 0.25) is 5.91 Å². The maximum atomic E-state index is 11.8. The lowest BCUT2D eigenvalue weighted by molar-refractivity contribution is -0.130. The van der Waals surface area contributed by atoms with Crippen molar-refractivity contribution in [2.24, 2.45) is 0 Å². The molecule has 16 heavy (non-hydrogen) atoms. The van der Waals surface area contributed by atoms with Crippen LogP contribution in [0.5, 0.6) is 0 Å². The second-order valence-corrected chi connectivity index (χ2v) is 5.37. The van der Waals surface area contributed by atoms with E-state index in [1.165, 1.54) is 0 Å². The van der Waals surface area contributed by atoms with E-state index in [1.807, 2.05) is 11.2 Å². The molecule has 0 saturated carbocycles. The van der Waals surface area contributed by atoms with Gasteiger partial charge in [0.25, 0.3) is 0 Å². The summed E-state index contributed by atoms with van der Waals surface area (Å²) in [5, 5.41) is 0. The van der Waals surface area contributed by atoms with Crippen LogP contribution in [-0.4, -0.2) is 66.3 Å². The minimum atomic E-state index is 0.307. The number of alkyl halides is 1. The third-order valence-electron chi connectivity index (χ3n) is 2.86. The van der Waals surface area contributed by atoms with Crippen LogP contribution in [0.2, 0.25) is 0 Å². The molecule has 0 aromatic rings. The van der Waals surface area contributed by atoms with Crippen molar-refractivity contribution < 1.29 is 4.79 Å². The van der Waals surface area contributed by atoms with Crippen molar-refractivity contribution in [2.75, 3.05) is 50.6 Å². The maximum absolute atomic E-state index is 11.8. The van der Waals surface area contributed by atoms with Crippen LogP contribution in [0.4, 0.5) is 0 Å². The minimum Gasteiger partial charge on any atom is -0.341 e. The second kappa shape index (κ2) is 8.20. The highest BCUT2D eigenvalue weighted by atomic mass is 35.5. The number of rotatable bonds is 5. The van der Waals surface area contributed by atoms with Gasteiger partial charge in [-0.1, -0.05) is 0 Å². The van der Waals surface area contributed by atoms with E-state index in [-0.39, 0.29) is 0 Å². The van der Waals surface area contributed by atoms with Gasteiger partial charge in [-0.2, -0.15) is 11.8 Å². The van der Waals surface area contributed by atoms with Crippen molar-refractivity contribution >= 4 is 29.3 Å². The molecule has 0 aliphatic carbocycles. The highest BCUT2D eigenvalue weighted by molar-refractivity contribution is 7.98. The van der Waals surface area contributed by atoms with Crippen molar-refractivity contribution in [1.29, 1.82) is 0 Å². The number of hydrogen-bond acceptors (Lipinski definition) is 3. The van der Waals surface area contributed by atoms with Crippen LogP contribution in [0.15, 0.2) is 0 Å². The average molecular weight is 265 g/mol. The Morgan fingerprint density at radius 1 is 1.31 bits per heavy atom. The molecule has 0 atom stereocenters. The molecule has 1 amide bonds. The largest absolute Gasteiger partial charge is 0.341 e. The van der Waals surface area contributed by atoms with E-state index in [0.717, 1.165) is 44.9 Å². The predicted molar refractivity (Wildman–Crippen MR) is 71.4 cm³/mol. The standard InChI is InChI=1S/C11H21ClN2OS/c1-16-10-3-11(15)14-6-2-5-13(7-4-12)8-9-14/h2-10H2,1H3. The van der Waals surface area contributed by atoms with E-state index in [4.69, 9.17) is 11.6 Å². The zero-order valence-electron chi connectivity index (χ0n) is 9.95. The van der Waals surface area contributed by atoms with Gasteiger partial charge in [-0.25, -0.2) is 0 Å². The van der Waals surface area contributed by atoms with Crippen LogP contribution in [-0.2, 0) is 4.79 Å². The lowest BCUT2D eigenvalue weighted by Crippen LogP contribution is -2.35. The lowest BCUT2D eigenvalue weighted by Gasteiger charge is -2.21. The molecular formula is C11H21ClN2OS. The first-order chi connectivity index (χ1) is 7.77. The monoisotopic (exact) mass is 264 g/mol. The number of carbonyl (C=O) groups excluding carboxylic acids is 1. The third kappa shape index (κ3) is 4.93. The fourth-order valence-electron chi connectivity index (χ4n) is 1.91. The molecule has 3 nitrogen and oxygen atoms in total. The number of carbonyl (C=O) groups is 1. The number of halogens is 1. The van der Waals surface area contributed by atoms with Gasteiger partial charge in [0.05, 0.1) is 0 Å². The van der Waals surface area contributed by atoms with Crippen molar-refractivity contribution in [3.05, 3.63) is 0 Å². The van der Waals surface area contributed by atoms with E-state index in [9.17, 15) is 4.79 Å². The first-order valence-electron chi connectivity index (χ1n) is 5.83. The Morgan fingerprint density at radius 3 is 2.81 bits per heavy atom. The van der Waals surface area contributed by atoms with Crippen LogP contribution in [0.1, 0.15) is 12.8 Å². The fraction of sp³-hybridized carbons (Fsp3) is 0.909. The zero-order chi connectivity index (χ0) is 11.8. The lowest BCUT2D eigenvalue weighted by atomic mass is 10.3. The first kappa shape index (κ1) is 14.1. The van der Waals surface area contributed by atoms with Gasteiger partial charge < -0.3 is 9.80 Å². The quantitative estimate of drug-likeness (QED) is 0.704. The fourth-order valence-corrected chi connectivity index (χ4v) is 2.53. The number of thioether (sulfide) groups is 1. The average Bonchev–Trinajstić information content (AvgIpc) is 2.52. The van der Waals surface area contributed by atoms with Crippen LogP contribution in [0.25, 0.3) is 0 Å². The summed E-state index contributed by atoms with van der Waals surface area (Å²) in [5.74, 6) is 1.92. The molecule has 0 unspecified atom stereocenters. The van der Waals surface area contributed by atoms with Crippen LogP contribution in [0.3, 0.4) is 0 Å². The zero-order valence-corrected chi connectivity index (χ0v) is 11.5. The van der Waals surface area contributed by atoms with E-state index in [1.54, 1.807) is 11.8 Å². The molecule has 1 aliphatic rings. The molecule has 0 aromatic heterocycles. The highest BCUT2D eigenvalue weighted by Gasteiger charge is 2.17. The molecular weight excluding hydrogens is 244 g/mol. The van der Waals surface area contributed by atoms with E-state index in [2.05, 4.69) is 4.90 Å². The smallest absolute Gasteiger partial charge is 0.223 e. The Kier molecular flexibility index (Phi) is 7.25. The molecule has 1 heterocycles. The summed E-state index contributed by atoms with van der Waals surface area (Å²) >= 11 is 7.46. The Labute approximate surface area is 107 Å². The van der Waals surface area contributed by atoms with Gasteiger partial charge in [0.1, 0.15) is 0 Å². The van der Waals surface area contributed by atoms with Gasteiger partial charge in [0, 0.05) is 44.2 Å². The molecule has 0 radical (unpaired) electrons. The summed E-state index contributed by atoms with van der Waals surface area (Å²) in [7, 11) is 0. The van der Waals surface area contributed by atoms with Gasteiger partial charge in [-0.05, 0) is 19.2 Å². The van der Waals surface area contributed by atoms with Crippen LogP contribution in [0, 0.1) is 0 Å². The molecule has 1 aliphatic heterocycles. The van der Waals surface area contributed by atoms with Gasteiger partial charge in [-0.15, -0.1) is 11.6 Å². The normalized spacial score (nSPS) is 18.5. The molecule has 5 heteroatoms. The molecule has 0 bridgehead atoms. The summed E-state index contributed by atoms with van der Waals surface area (Å²) in [6.45, 7) is 4.75. The summed E-state index contributed by atoms with van der Waals surface area (Å²) in [4.78, 5) is 16.2. The molecule has 94 valence electrons. The SMILES string of the molecule is CSCCC(=O)N1CCCN(CCCl)CC1. The summed E-state index contributed by atoms with van der Waals surface area (Å²) in [6, 6.07) is 0. The van der Waals surface area contributed by atoms with E-state index >= 15 is 0 Å². The summed E-state index contributed by atoms with van der Waals surface area (Å²) < 4.78 is 0. The minimum absolute atomic E-state index is 0.307. The van der Waals surface area contributed by atoms with Crippen LogP contribution >= 0.6 is 23.4 Å². The Hall–Kier alpha value is 0.0700. The van der Waals surface area contributed by atoms with Gasteiger partial charge >= 0.3 is 0 Å². The molecule has 1 rings (SSSR count). The predicted octanol–water partition coefficient (Wildman–Crippen LogP) is 1.51. The van der Waals surface area contributed by atoms with Crippen LogP contribution < -0.4 is 0 Å². The molecule has 1 saturated heterocycles. The summed E-state index contributed by atoms with van der Waals surface area (Å²) in [6.07, 6.45) is 3.79. The van der Waals surface area contributed by atoms with Crippen molar-refractivity contribution in [1.82, 2.24) is 9.80 Å². The Balaban J connectivity index is 2.31. The van der Waals surface area contributed by atoms with Gasteiger partial charge in [0.15, 0.2) is 0 Å². The first-order valence-corrected chi connectivity index (χ1v) is 7.75. The molecule has 1 fully saturated rings. The van der Waals surface area contributed by atoms with E-state index in [0.29, 0.717) is 18.2 Å². The van der Waals surface area contributed by atoms with E-state index < -0.39 is 0 Å². The number of nitrogens with zero attached hydrogens (tertiary/aromatic N) is 2. The second-order valence-electron chi connectivity index (χ2n) is 4.01. The number of amides is 1. The molecule has 0 N–H and O–H groups in total. The van der Waals surface area contributed by atoms with Gasteiger partial charge in [-0.3, -0.25) is 4.79 Å². The van der Waals surface area contributed by atoms with Crippen molar-refractivity contribution in [2.45, 2.75) is 12.8 Å². The Bertz CT molecular complexity index is 216. The Morgan fingerprint density at radius 2 is 2.12 bits per heavy atom. The maximum Gasteiger partial charge on any atom is 0.223 e. The van der Waals surface area contributed by atoms with Crippen molar-refractivity contribution in [3.63, 3.8) is 0 Å². The topological polar surface area (TPSA) is 23.6 Å². The highest BCUT2D eigenvalue weighted by Crippen LogP contribution is 2.06. The molecule has 0 spiro atoms. The van der Waals surface area contributed by atoms with Crippen molar-refractivity contribution in [3.8, 4) is 0 Å².